The van der Waals surface area contributed by atoms with Crippen molar-refractivity contribution in [3.8, 4) is 11.3 Å². The van der Waals surface area contributed by atoms with Crippen molar-refractivity contribution in [2.24, 2.45) is 11.8 Å². The van der Waals surface area contributed by atoms with Crippen molar-refractivity contribution in [2.75, 3.05) is 0 Å². The lowest BCUT2D eigenvalue weighted by Gasteiger charge is -2.22. The molecule has 0 aliphatic heterocycles. The Hall–Kier alpha value is -3.19. The van der Waals surface area contributed by atoms with Gasteiger partial charge in [-0.05, 0) is 42.3 Å². The number of alkyl halides is 4. The van der Waals surface area contributed by atoms with Gasteiger partial charge in [-0.25, -0.2) is 27.2 Å². The average molecular weight is 575 g/mol. The Morgan fingerprint density at radius 1 is 1.11 bits per heavy atom. The number of carbonyl (C=O) groups is 1. The molecule has 4 atom stereocenters. The minimum atomic E-state index is -4.71. The van der Waals surface area contributed by atoms with Crippen LogP contribution in [-0.4, -0.2) is 40.7 Å². The number of nitrogens with one attached hydrogen (secondary N) is 1. The Balaban J connectivity index is 1.53. The van der Waals surface area contributed by atoms with Gasteiger partial charge in [0.15, 0.2) is 9.84 Å². The third-order valence-corrected chi connectivity index (χ3v) is 9.13. The number of hydrogen-bond donors (Lipinski definition) is 1. The van der Waals surface area contributed by atoms with Gasteiger partial charge in [0, 0.05) is 36.6 Å². The standard InChI is InChI=1S/C24H20ClF5N4O3S/c1-12-19(27)7-17(21(12)38(36,37)16-4-2-15(26)3-5-16)22(35)32-8-13-6-20(31-11-18(13)25)14-9-33-23(34-10-14)24(28,29)30/h2-6,9-12,17,19,21H,7-8H2,1H3,(H,32,35)/t12-,17+,19+,21?/m0/s1. The molecule has 1 unspecified atom stereocenters. The molecule has 2 aromatic heterocycles. The highest BCUT2D eigenvalue weighted by molar-refractivity contribution is 7.92. The zero-order valence-electron chi connectivity index (χ0n) is 19.6. The first-order valence-electron chi connectivity index (χ1n) is 11.2. The van der Waals surface area contributed by atoms with Crippen molar-refractivity contribution in [3.05, 3.63) is 71.2 Å². The predicted molar refractivity (Wildman–Crippen MR) is 127 cm³/mol. The van der Waals surface area contributed by atoms with Crippen LogP contribution in [0.5, 0.6) is 0 Å². The van der Waals surface area contributed by atoms with Crippen LogP contribution >= 0.6 is 11.6 Å². The van der Waals surface area contributed by atoms with Crippen LogP contribution < -0.4 is 5.32 Å². The molecule has 1 aromatic carbocycles. The normalized spacial score (nSPS) is 21.9. The number of hydrogen-bond acceptors (Lipinski definition) is 6. The maximum Gasteiger partial charge on any atom is 0.451 e. The zero-order chi connectivity index (χ0) is 27.8. The molecule has 1 aliphatic rings. The van der Waals surface area contributed by atoms with Gasteiger partial charge >= 0.3 is 6.18 Å². The van der Waals surface area contributed by atoms with Gasteiger partial charge in [-0.3, -0.25) is 9.78 Å². The summed E-state index contributed by atoms with van der Waals surface area (Å²) >= 11 is 6.17. The molecule has 0 saturated heterocycles. The second kappa shape index (κ2) is 10.5. The summed E-state index contributed by atoms with van der Waals surface area (Å²) in [5, 5.41) is 1.32. The molecule has 1 fully saturated rings. The molecule has 1 aliphatic carbocycles. The van der Waals surface area contributed by atoms with E-state index in [1.165, 1.54) is 19.2 Å². The summed E-state index contributed by atoms with van der Waals surface area (Å²) in [6.07, 6.45) is -3.47. The second-order valence-electron chi connectivity index (χ2n) is 8.85. The molecule has 0 spiro atoms. The van der Waals surface area contributed by atoms with Crippen LogP contribution in [0.4, 0.5) is 22.0 Å². The van der Waals surface area contributed by atoms with Crippen LogP contribution in [0.15, 0.2) is 53.8 Å². The molecule has 0 bridgehead atoms. The van der Waals surface area contributed by atoms with Crippen molar-refractivity contribution < 1.29 is 35.2 Å². The van der Waals surface area contributed by atoms with Crippen molar-refractivity contribution in [3.63, 3.8) is 0 Å². The van der Waals surface area contributed by atoms with Crippen LogP contribution in [-0.2, 0) is 27.4 Å². The molecule has 3 aromatic rings. The molecule has 202 valence electrons. The predicted octanol–water partition coefficient (Wildman–Crippen LogP) is 4.80. The highest BCUT2D eigenvalue weighted by Crippen LogP contribution is 2.41. The largest absolute Gasteiger partial charge is 0.451 e. The number of rotatable bonds is 6. The average Bonchev–Trinajstić information content (AvgIpc) is 3.18. The van der Waals surface area contributed by atoms with E-state index in [4.69, 9.17) is 11.6 Å². The zero-order valence-corrected chi connectivity index (χ0v) is 21.2. The first-order valence-corrected chi connectivity index (χ1v) is 13.2. The Morgan fingerprint density at radius 2 is 1.74 bits per heavy atom. The third kappa shape index (κ3) is 5.63. The minimum Gasteiger partial charge on any atom is -0.352 e. The van der Waals surface area contributed by atoms with Gasteiger partial charge in [0.25, 0.3) is 0 Å². The summed E-state index contributed by atoms with van der Waals surface area (Å²) in [5.41, 5.74) is 0.672. The highest BCUT2D eigenvalue weighted by atomic mass is 35.5. The fraction of sp³-hybridized carbons (Fsp3) is 0.333. The SMILES string of the molecule is C[C@@H]1C(S(=O)(=O)c2ccc(F)cc2)[C@H](C(=O)NCc2cc(-c3cnc(C(F)(F)F)nc3)ncc2Cl)C[C@H]1F. The quantitative estimate of drug-likeness (QED) is 0.335. The molecule has 1 N–H and O–H groups in total. The van der Waals surface area contributed by atoms with Gasteiger partial charge in [0.05, 0.1) is 26.8 Å². The summed E-state index contributed by atoms with van der Waals surface area (Å²) in [6, 6.07) is 5.50. The molecule has 1 amide bonds. The number of halogens is 6. The van der Waals surface area contributed by atoms with E-state index in [2.05, 4.69) is 20.3 Å². The molecule has 2 heterocycles. The topological polar surface area (TPSA) is 102 Å². The van der Waals surface area contributed by atoms with Crippen LogP contribution in [0, 0.1) is 17.7 Å². The number of sulfone groups is 1. The van der Waals surface area contributed by atoms with E-state index in [-0.39, 0.29) is 34.1 Å². The fourth-order valence-electron chi connectivity index (χ4n) is 4.39. The third-order valence-electron chi connectivity index (χ3n) is 6.39. The van der Waals surface area contributed by atoms with E-state index in [0.29, 0.717) is 5.56 Å². The van der Waals surface area contributed by atoms with E-state index >= 15 is 0 Å². The smallest absolute Gasteiger partial charge is 0.352 e. The fourth-order valence-corrected chi connectivity index (χ4v) is 6.80. The molecular weight excluding hydrogens is 555 g/mol. The highest BCUT2D eigenvalue weighted by Gasteiger charge is 2.51. The number of amides is 1. The molecule has 14 heteroatoms. The number of aromatic nitrogens is 3. The Labute approximate surface area is 219 Å². The summed E-state index contributed by atoms with van der Waals surface area (Å²) in [5.74, 6) is -4.89. The second-order valence-corrected chi connectivity index (χ2v) is 11.4. The number of nitrogens with zero attached hydrogens (tertiary/aromatic N) is 3. The number of benzene rings is 1. The van der Waals surface area contributed by atoms with E-state index in [1.54, 1.807) is 0 Å². The summed E-state index contributed by atoms with van der Waals surface area (Å²) in [4.78, 5) is 23.5. The van der Waals surface area contributed by atoms with Gasteiger partial charge in [0.1, 0.15) is 12.0 Å². The maximum atomic E-state index is 14.6. The van der Waals surface area contributed by atoms with E-state index in [1.807, 2.05) is 0 Å². The van der Waals surface area contributed by atoms with Gasteiger partial charge in [-0.2, -0.15) is 13.2 Å². The van der Waals surface area contributed by atoms with Crippen molar-refractivity contribution in [1.29, 1.82) is 0 Å². The summed E-state index contributed by atoms with van der Waals surface area (Å²) in [7, 11) is -4.18. The van der Waals surface area contributed by atoms with Crippen molar-refractivity contribution in [2.45, 2.75) is 42.4 Å². The molecular formula is C24H20ClF5N4O3S. The van der Waals surface area contributed by atoms with Gasteiger partial charge in [0.2, 0.25) is 11.7 Å². The Morgan fingerprint density at radius 3 is 2.34 bits per heavy atom. The first kappa shape index (κ1) is 27.8. The molecule has 38 heavy (non-hydrogen) atoms. The van der Waals surface area contributed by atoms with Crippen LogP contribution in [0.1, 0.15) is 24.7 Å². The Kier molecular flexibility index (Phi) is 7.71. The molecule has 7 nitrogen and oxygen atoms in total. The van der Waals surface area contributed by atoms with Gasteiger partial charge in [-0.1, -0.05) is 18.5 Å². The lowest BCUT2D eigenvalue weighted by molar-refractivity contribution is -0.145. The molecule has 1 saturated carbocycles. The van der Waals surface area contributed by atoms with Gasteiger partial charge < -0.3 is 5.32 Å². The van der Waals surface area contributed by atoms with Crippen LogP contribution in [0.3, 0.4) is 0 Å². The van der Waals surface area contributed by atoms with E-state index < -0.39 is 56.8 Å². The van der Waals surface area contributed by atoms with E-state index in [9.17, 15) is 35.2 Å². The maximum absolute atomic E-state index is 14.6. The van der Waals surface area contributed by atoms with Crippen LogP contribution in [0.2, 0.25) is 5.02 Å². The van der Waals surface area contributed by atoms with Crippen molar-refractivity contribution in [1.82, 2.24) is 20.3 Å². The van der Waals surface area contributed by atoms with E-state index in [0.717, 1.165) is 36.7 Å². The summed E-state index contributed by atoms with van der Waals surface area (Å²) in [6.45, 7) is 1.21. The lowest BCUT2D eigenvalue weighted by Crippen LogP contribution is -2.40. The van der Waals surface area contributed by atoms with Gasteiger partial charge in [-0.15, -0.1) is 0 Å². The minimum absolute atomic E-state index is 0.125. The van der Waals surface area contributed by atoms with Crippen molar-refractivity contribution >= 4 is 27.3 Å². The monoisotopic (exact) mass is 574 g/mol. The Bertz CT molecular complexity index is 1440. The van der Waals surface area contributed by atoms with Crippen LogP contribution in [0.25, 0.3) is 11.3 Å². The number of pyridine rings is 1. The number of carbonyl (C=O) groups excluding carboxylic acids is 1. The lowest BCUT2D eigenvalue weighted by atomic mass is 10.0. The molecule has 4 rings (SSSR count). The molecule has 0 radical (unpaired) electrons. The first-order chi connectivity index (χ1) is 17.8. The summed E-state index contributed by atoms with van der Waals surface area (Å²) < 4.78 is 92.6.